The van der Waals surface area contributed by atoms with Crippen molar-refractivity contribution in [1.82, 2.24) is 5.06 Å². The number of hydroxylamine groups is 2. The van der Waals surface area contributed by atoms with Gasteiger partial charge in [-0.15, -0.1) is 5.06 Å². The summed E-state index contributed by atoms with van der Waals surface area (Å²) in [6, 6.07) is 0. The second-order valence-electron chi connectivity index (χ2n) is 3.36. The van der Waals surface area contributed by atoms with Crippen molar-refractivity contribution in [3.63, 3.8) is 0 Å². The van der Waals surface area contributed by atoms with E-state index in [-0.39, 0.29) is 11.5 Å². The summed E-state index contributed by atoms with van der Waals surface area (Å²) in [6.45, 7) is 2.45. The summed E-state index contributed by atoms with van der Waals surface area (Å²) in [5.41, 5.74) is 0. The molecule has 1 N–H and O–H groups in total. The number of amides is 2. The summed E-state index contributed by atoms with van der Waals surface area (Å²) in [6.07, 6.45) is -0.802. The molecule has 0 radical (unpaired) electrons. The van der Waals surface area contributed by atoms with Crippen molar-refractivity contribution in [1.29, 1.82) is 0 Å². The van der Waals surface area contributed by atoms with E-state index in [0.29, 0.717) is 0 Å². The standard InChI is InChI=1S/C9H11NO7/c1-3-7(13)17-9(16-5(2)11)4-6(12)10(15)8(9)14/h15H,3-4H2,1-2H3. The van der Waals surface area contributed by atoms with Gasteiger partial charge in [0.05, 0.1) is 0 Å². The second kappa shape index (κ2) is 4.50. The van der Waals surface area contributed by atoms with Crippen molar-refractivity contribution in [3.8, 4) is 0 Å². The molecule has 0 aromatic carbocycles. The summed E-state index contributed by atoms with van der Waals surface area (Å²) < 4.78 is 9.23. The van der Waals surface area contributed by atoms with E-state index in [1.807, 2.05) is 0 Å². The number of rotatable bonds is 3. The number of nitrogens with zero attached hydrogens (tertiary/aromatic N) is 1. The number of hydrogen-bond donors (Lipinski definition) is 1. The highest BCUT2D eigenvalue weighted by atomic mass is 16.7. The van der Waals surface area contributed by atoms with Gasteiger partial charge in [0.25, 0.3) is 5.91 Å². The van der Waals surface area contributed by atoms with Crippen LogP contribution in [-0.2, 0) is 28.7 Å². The SMILES string of the molecule is CCC(=O)OC1(OC(C)=O)CC(=O)N(O)C1=O. The first-order chi connectivity index (χ1) is 7.82. The molecule has 94 valence electrons. The normalized spacial score (nSPS) is 23.8. The minimum absolute atomic E-state index is 0.0735. The zero-order valence-electron chi connectivity index (χ0n) is 9.26. The Morgan fingerprint density at radius 3 is 2.35 bits per heavy atom. The predicted molar refractivity (Wildman–Crippen MR) is 49.1 cm³/mol. The monoisotopic (exact) mass is 245 g/mol. The first kappa shape index (κ1) is 13.1. The van der Waals surface area contributed by atoms with Gasteiger partial charge in [0.1, 0.15) is 6.42 Å². The lowest BCUT2D eigenvalue weighted by Gasteiger charge is -2.24. The molecular formula is C9H11NO7. The van der Waals surface area contributed by atoms with Gasteiger partial charge in [-0.25, -0.2) is 0 Å². The van der Waals surface area contributed by atoms with E-state index in [4.69, 9.17) is 5.21 Å². The average molecular weight is 245 g/mol. The van der Waals surface area contributed by atoms with E-state index in [1.54, 1.807) is 0 Å². The van der Waals surface area contributed by atoms with Crippen molar-refractivity contribution in [2.45, 2.75) is 32.5 Å². The van der Waals surface area contributed by atoms with Crippen molar-refractivity contribution in [2.75, 3.05) is 0 Å². The van der Waals surface area contributed by atoms with E-state index in [0.717, 1.165) is 6.92 Å². The Morgan fingerprint density at radius 2 is 2.00 bits per heavy atom. The summed E-state index contributed by atoms with van der Waals surface area (Å²) in [7, 11) is 0. The van der Waals surface area contributed by atoms with Crippen molar-refractivity contribution in [3.05, 3.63) is 0 Å². The smallest absolute Gasteiger partial charge is 0.348 e. The highest BCUT2D eigenvalue weighted by molar-refractivity contribution is 6.07. The number of esters is 2. The Labute approximate surface area is 96.0 Å². The second-order valence-corrected chi connectivity index (χ2v) is 3.36. The van der Waals surface area contributed by atoms with Crippen LogP contribution in [0.3, 0.4) is 0 Å². The summed E-state index contributed by atoms with van der Waals surface area (Å²) in [5.74, 6) is -6.42. The molecule has 0 aromatic rings. The van der Waals surface area contributed by atoms with Crippen molar-refractivity contribution in [2.24, 2.45) is 0 Å². The first-order valence-electron chi connectivity index (χ1n) is 4.80. The van der Waals surface area contributed by atoms with Crippen LogP contribution in [0.5, 0.6) is 0 Å². The average Bonchev–Trinajstić information content (AvgIpc) is 2.42. The van der Waals surface area contributed by atoms with E-state index < -0.39 is 36.0 Å². The Kier molecular flexibility index (Phi) is 3.47. The lowest BCUT2D eigenvalue weighted by molar-refractivity contribution is -0.229. The van der Waals surface area contributed by atoms with Crippen LogP contribution in [0, 0.1) is 0 Å². The number of carbonyl (C=O) groups is 4. The molecule has 1 aliphatic rings. The van der Waals surface area contributed by atoms with E-state index in [1.165, 1.54) is 6.92 Å². The molecule has 8 nitrogen and oxygen atoms in total. The van der Waals surface area contributed by atoms with Gasteiger partial charge in [-0.1, -0.05) is 6.92 Å². The quantitative estimate of drug-likeness (QED) is 0.304. The molecule has 1 unspecified atom stereocenters. The van der Waals surface area contributed by atoms with Gasteiger partial charge in [0.15, 0.2) is 0 Å². The van der Waals surface area contributed by atoms with Crippen molar-refractivity contribution >= 4 is 23.8 Å². The van der Waals surface area contributed by atoms with Gasteiger partial charge in [0, 0.05) is 13.3 Å². The molecule has 2 amide bonds. The molecule has 1 fully saturated rings. The molecule has 1 atom stereocenters. The zero-order valence-corrected chi connectivity index (χ0v) is 9.26. The number of imide groups is 1. The minimum Gasteiger partial charge on any atom is -0.413 e. The molecule has 1 rings (SSSR count). The van der Waals surface area contributed by atoms with Crippen molar-refractivity contribution < 1.29 is 33.9 Å². The fourth-order valence-corrected chi connectivity index (χ4v) is 1.29. The first-order valence-corrected chi connectivity index (χ1v) is 4.80. The van der Waals surface area contributed by atoms with Crippen LogP contribution < -0.4 is 0 Å². The minimum atomic E-state index is -2.37. The van der Waals surface area contributed by atoms with Crippen LogP contribution in [-0.4, -0.2) is 39.8 Å². The van der Waals surface area contributed by atoms with Gasteiger partial charge in [-0.3, -0.25) is 24.4 Å². The maximum absolute atomic E-state index is 11.5. The molecule has 0 saturated carbocycles. The molecule has 8 heteroatoms. The van der Waals surface area contributed by atoms with Gasteiger partial charge in [-0.2, -0.15) is 0 Å². The number of carbonyl (C=O) groups excluding carboxylic acids is 4. The van der Waals surface area contributed by atoms with E-state index in [2.05, 4.69) is 9.47 Å². The van der Waals surface area contributed by atoms with Crippen LogP contribution in [0.15, 0.2) is 0 Å². The Hall–Kier alpha value is -1.96. The zero-order chi connectivity index (χ0) is 13.2. The maximum atomic E-state index is 11.5. The third kappa shape index (κ3) is 2.41. The van der Waals surface area contributed by atoms with Gasteiger partial charge in [-0.05, 0) is 0 Å². The van der Waals surface area contributed by atoms with Crippen LogP contribution in [0.4, 0.5) is 0 Å². The highest BCUT2D eigenvalue weighted by Gasteiger charge is 2.58. The van der Waals surface area contributed by atoms with Crippen LogP contribution in [0.2, 0.25) is 0 Å². The largest absolute Gasteiger partial charge is 0.413 e. The van der Waals surface area contributed by atoms with Crippen LogP contribution in [0.1, 0.15) is 26.7 Å². The lowest BCUT2D eigenvalue weighted by Crippen LogP contribution is -2.46. The topological polar surface area (TPSA) is 110 Å². The predicted octanol–water partition coefficient (Wildman–Crippen LogP) is -0.653. The molecule has 0 spiro atoms. The van der Waals surface area contributed by atoms with Gasteiger partial charge < -0.3 is 9.47 Å². The Morgan fingerprint density at radius 1 is 1.41 bits per heavy atom. The fraction of sp³-hybridized carbons (Fsp3) is 0.556. The summed E-state index contributed by atoms with van der Waals surface area (Å²) in [4.78, 5) is 44.6. The summed E-state index contributed by atoms with van der Waals surface area (Å²) >= 11 is 0. The molecule has 0 aliphatic carbocycles. The Bertz CT molecular complexity index is 387. The fourth-order valence-electron chi connectivity index (χ4n) is 1.29. The van der Waals surface area contributed by atoms with Gasteiger partial charge >= 0.3 is 23.6 Å². The van der Waals surface area contributed by atoms with Crippen LogP contribution >= 0.6 is 0 Å². The molecule has 1 aliphatic heterocycles. The van der Waals surface area contributed by atoms with E-state index in [9.17, 15) is 19.2 Å². The molecule has 1 heterocycles. The molecule has 0 aromatic heterocycles. The third-order valence-electron chi connectivity index (χ3n) is 2.01. The van der Waals surface area contributed by atoms with E-state index >= 15 is 0 Å². The summed E-state index contributed by atoms with van der Waals surface area (Å²) in [5, 5.41) is 8.82. The number of ether oxygens (including phenoxy) is 2. The third-order valence-corrected chi connectivity index (χ3v) is 2.01. The molecular weight excluding hydrogens is 234 g/mol. The molecule has 1 saturated heterocycles. The number of hydrogen-bond acceptors (Lipinski definition) is 7. The molecule has 17 heavy (non-hydrogen) atoms. The lowest BCUT2D eigenvalue weighted by atomic mass is 10.2. The maximum Gasteiger partial charge on any atom is 0.348 e. The van der Waals surface area contributed by atoms with Gasteiger partial charge in [0.2, 0.25) is 0 Å². The highest BCUT2D eigenvalue weighted by Crippen LogP contribution is 2.29. The Balaban J connectivity index is 3.03. The van der Waals surface area contributed by atoms with Crippen LogP contribution in [0.25, 0.3) is 0 Å². The molecule has 0 bridgehead atoms.